The number of esters is 2. The van der Waals surface area contributed by atoms with Crippen LogP contribution in [0.2, 0.25) is 0 Å². The predicted molar refractivity (Wildman–Crippen MR) is 80.1 cm³/mol. The molecule has 2 N–H and O–H groups in total. The van der Waals surface area contributed by atoms with Gasteiger partial charge in [0.05, 0.1) is 17.8 Å². The van der Waals surface area contributed by atoms with Crippen molar-refractivity contribution in [3.8, 4) is 0 Å². The van der Waals surface area contributed by atoms with E-state index in [0.717, 1.165) is 5.57 Å². The van der Waals surface area contributed by atoms with Crippen LogP contribution in [0.25, 0.3) is 0 Å². The van der Waals surface area contributed by atoms with Crippen molar-refractivity contribution >= 4 is 11.9 Å². The van der Waals surface area contributed by atoms with Crippen LogP contribution >= 0.6 is 0 Å². The van der Waals surface area contributed by atoms with E-state index < -0.39 is 35.7 Å². The second-order valence-electron chi connectivity index (χ2n) is 6.94. The molecule has 1 aliphatic heterocycles. The molecule has 0 aromatic heterocycles. The summed E-state index contributed by atoms with van der Waals surface area (Å²) in [5.41, 5.74) is 1.23. The van der Waals surface area contributed by atoms with Gasteiger partial charge in [-0.05, 0) is 19.8 Å². The lowest BCUT2D eigenvalue weighted by molar-refractivity contribution is -0.150. The maximum absolute atomic E-state index is 12.2. The van der Waals surface area contributed by atoms with Gasteiger partial charge in [-0.1, -0.05) is 18.6 Å². The van der Waals surface area contributed by atoms with E-state index >= 15 is 0 Å². The fourth-order valence-electron chi connectivity index (χ4n) is 4.29. The van der Waals surface area contributed by atoms with E-state index in [1.807, 2.05) is 19.9 Å². The number of ether oxygens (including phenoxy) is 2. The topological polar surface area (TPSA) is 93.1 Å². The fraction of sp³-hybridized carbons (Fsp3) is 0.647. The Hall–Kier alpha value is -1.66. The van der Waals surface area contributed by atoms with Crippen molar-refractivity contribution in [3.05, 3.63) is 22.8 Å². The number of rotatable bonds is 2. The van der Waals surface area contributed by atoms with Gasteiger partial charge in [0.25, 0.3) is 0 Å². The van der Waals surface area contributed by atoms with E-state index in [-0.39, 0.29) is 18.1 Å². The van der Waals surface area contributed by atoms with Crippen molar-refractivity contribution in [2.45, 2.75) is 51.9 Å². The van der Waals surface area contributed by atoms with Gasteiger partial charge in [0.15, 0.2) is 0 Å². The molecule has 0 aromatic rings. The highest BCUT2D eigenvalue weighted by Crippen LogP contribution is 2.55. The quantitative estimate of drug-likeness (QED) is 0.579. The fourth-order valence-corrected chi connectivity index (χ4v) is 4.29. The summed E-state index contributed by atoms with van der Waals surface area (Å²) in [6, 6.07) is 0. The molecule has 2 aliphatic carbocycles. The van der Waals surface area contributed by atoms with Crippen LogP contribution in [0.4, 0.5) is 0 Å². The molecular weight excluding hydrogens is 300 g/mol. The van der Waals surface area contributed by atoms with Gasteiger partial charge in [0, 0.05) is 23.8 Å². The maximum atomic E-state index is 12.2. The Morgan fingerprint density at radius 3 is 2.83 bits per heavy atom. The van der Waals surface area contributed by atoms with Gasteiger partial charge in [-0.2, -0.15) is 0 Å². The molecule has 0 amide bonds. The average Bonchev–Trinajstić information content (AvgIpc) is 2.77. The number of hydrogen-bond donors (Lipinski definition) is 2. The number of carbonyl (C=O) groups is 2. The molecule has 0 spiro atoms. The van der Waals surface area contributed by atoms with E-state index in [1.165, 1.54) is 6.92 Å². The molecule has 1 saturated carbocycles. The van der Waals surface area contributed by atoms with Crippen molar-refractivity contribution in [1.29, 1.82) is 0 Å². The first-order valence-corrected chi connectivity index (χ1v) is 7.85. The SMILES string of the molecule is CC(=O)OCC1=C2[C@@H](O)C[C@@]3(C)[C@H](O)CC=C(C)[C@@H]3[C@H]2OC1=O. The summed E-state index contributed by atoms with van der Waals surface area (Å²) in [5, 5.41) is 21.0. The van der Waals surface area contributed by atoms with E-state index in [2.05, 4.69) is 0 Å². The minimum absolute atomic E-state index is 0.177. The van der Waals surface area contributed by atoms with Gasteiger partial charge >= 0.3 is 11.9 Å². The van der Waals surface area contributed by atoms with Crippen LogP contribution in [0.1, 0.15) is 33.6 Å². The summed E-state index contributed by atoms with van der Waals surface area (Å²) in [4.78, 5) is 23.2. The first-order chi connectivity index (χ1) is 10.8. The van der Waals surface area contributed by atoms with Crippen LogP contribution < -0.4 is 0 Å². The maximum Gasteiger partial charge on any atom is 0.338 e. The second-order valence-corrected chi connectivity index (χ2v) is 6.94. The Labute approximate surface area is 134 Å². The lowest BCUT2D eigenvalue weighted by Crippen LogP contribution is -2.54. The number of hydrogen-bond acceptors (Lipinski definition) is 6. The predicted octanol–water partition coefficient (Wildman–Crippen LogP) is 0.869. The lowest BCUT2D eigenvalue weighted by Gasteiger charge is -2.51. The molecule has 1 heterocycles. The first kappa shape index (κ1) is 16.2. The monoisotopic (exact) mass is 322 g/mol. The van der Waals surface area contributed by atoms with Crippen LogP contribution in [-0.2, 0) is 19.1 Å². The number of aliphatic hydroxyl groups is 2. The summed E-state index contributed by atoms with van der Waals surface area (Å²) in [6.07, 6.45) is 0.752. The Morgan fingerprint density at radius 2 is 2.17 bits per heavy atom. The van der Waals surface area contributed by atoms with Crippen molar-refractivity contribution < 1.29 is 29.3 Å². The summed E-state index contributed by atoms with van der Waals surface area (Å²) in [7, 11) is 0. The van der Waals surface area contributed by atoms with Gasteiger partial charge in [-0.15, -0.1) is 0 Å². The highest BCUT2D eigenvalue weighted by atomic mass is 16.6. The highest BCUT2D eigenvalue weighted by molar-refractivity contribution is 5.93. The Morgan fingerprint density at radius 1 is 1.48 bits per heavy atom. The van der Waals surface area contributed by atoms with Crippen LogP contribution in [0, 0.1) is 11.3 Å². The molecule has 0 aromatic carbocycles. The molecule has 1 fully saturated rings. The van der Waals surface area contributed by atoms with Gasteiger partial charge in [-0.25, -0.2) is 4.79 Å². The zero-order chi connectivity index (χ0) is 16.9. The van der Waals surface area contributed by atoms with E-state index in [4.69, 9.17) is 9.47 Å². The standard InChI is InChI=1S/C17H22O6/c1-8-4-5-12(20)17(3)6-11(19)13-10(7-22-9(2)18)16(21)23-15(13)14(8)17/h4,11-12,14-15,19-20H,5-7H2,1-3H3/t11-,12+,14+,15-,17-/m0/s1. The molecule has 5 atom stereocenters. The summed E-state index contributed by atoms with van der Waals surface area (Å²) >= 11 is 0. The van der Waals surface area contributed by atoms with E-state index in [9.17, 15) is 19.8 Å². The zero-order valence-electron chi connectivity index (χ0n) is 13.5. The molecule has 0 saturated heterocycles. The molecule has 0 unspecified atom stereocenters. The zero-order valence-corrected chi connectivity index (χ0v) is 13.5. The lowest BCUT2D eigenvalue weighted by atomic mass is 9.56. The largest absolute Gasteiger partial charge is 0.461 e. The molecule has 6 heteroatoms. The van der Waals surface area contributed by atoms with E-state index in [0.29, 0.717) is 18.4 Å². The molecule has 3 aliphatic rings. The first-order valence-electron chi connectivity index (χ1n) is 7.85. The summed E-state index contributed by atoms with van der Waals surface area (Å²) < 4.78 is 10.4. The molecule has 0 bridgehead atoms. The van der Waals surface area contributed by atoms with Gasteiger partial charge in [0.2, 0.25) is 0 Å². The summed E-state index contributed by atoms with van der Waals surface area (Å²) in [6.45, 7) is 4.96. The molecule has 3 rings (SSSR count). The smallest absolute Gasteiger partial charge is 0.338 e. The van der Waals surface area contributed by atoms with Crippen molar-refractivity contribution in [3.63, 3.8) is 0 Å². The van der Waals surface area contributed by atoms with Crippen molar-refractivity contribution in [1.82, 2.24) is 0 Å². The molecular formula is C17H22O6. The van der Waals surface area contributed by atoms with Crippen LogP contribution in [0.15, 0.2) is 22.8 Å². The van der Waals surface area contributed by atoms with E-state index in [1.54, 1.807) is 0 Å². The Balaban J connectivity index is 2.02. The minimum atomic E-state index is -0.890. The van der Waals surface area contributed by atoms with Crippen LogP contribution in [0.5, 0.6) is 0 Å². The van der Waals surface area contributed by atoms with Gasteiger partial charge in [-0.3, -0.25) is 4.79 Å². The van der Waals surface area contributed by atoms with Crippen molar-refractivity contribution in [2.24, 2.45) is 11.3 Å². The number of aliphatic hydroxyl groups excluding tert-OH is 2. The third kappa shape index (κ3) is 2.40. The normalized spacial score (nSPS) is 39.3. The van der Waals surface area contributed by atoms with Gasteiger partial charge in [0.1, 0.15) is 12.7 Å². The molecule has 126 valence electrons. The van der Waals surface area contributed by atoms with Gasteiger partial charge < -0.3 is 19.7 Å². The number of carbonyl (C=O) groups excluding carboxylic acids is 2. The molecule has 23 heavy (non-hydrogen) atoms. The molecule has 6 nitrogen and oxygen atoms in total. The Kier molecular flexibility index (Phi) is 3.84. The average molecular weight is 322 g/mol. The van der Waals surface area contributed by atoms with Crippen molar-refractivity contribution in [2.75, 3.05) is 6.61 Å². The minimum Gasteiger partial charge on any atom is -0.461 e. The highest BCUT2D eigenvalue weighted by Gasteiger charge is 2.58. The second kappa shape index (κ2) is 5.46. The van der Waals surface area contributed by atoms with Crippen LogP contribution in [-0.4, -0.2) is 47.1 Å². The third-order valence-corrected chi connectivity index (χ3v) is 5.48. The summed E-state index contributed by atoms with van der Waals surface area (Å²) in [5.74, 6) is -1.22. The third-order valence-electron chi connectivity index (χ3n) is 5.48. The molecule has 0 radical (unpaired) electrons. The Bertz CT molecular complexity index is 619. The van der Waals surface area contributed by atoms with Crippen LogP contribution in [0.3, 0.4) is 0 Å². The number of fused-ring (bicyclic) bond motifs is 3.